The average Bonchev–Trinajstić information content (AvgIpc) is 2.78. The Morgan fingerprint density at radius 2 is 1.41 bits per heavy atom. The summed E-state index contributed by atoms with van der Waals surface area (Å²) in [5.74, 6) is 0.185. The zero-order chi connectivity index (χ0) is 20.3. The van der Waals surface area contributed by atoms with Crippen LogP contribution in [-0.4, -0.2) is 18.2 Å². The van der Waals surface area contributed by atoms with Gasteiger partial charge in [0.15, 0.2) is 6.61 Å². The van der Waals surface area contributed by atoms with E-state index in [-0.39, 0.29) is 12.5 Å². The maximum atomic E-state index is 12.2. The van der Waals surface area contributed by atoms with Crippen LogP contribution in [0.2, 0.25) is 0 Å². The van der Waals surface area contributed by atoms with Crippen molar-refractivity contribution in [3.8, 4) is 11.8 Å². The van der Waals surface area contributed by atoms with Gasteiger partial charge in [0.25, 0.3) is 5.91 Å². The van der Waals surface area contributed by atoms with E-state index in [1.54, 1.807) is 24.3 Å². The zero-order valence-corrected chi connectivity index (χ0v) is 15.9. The highest BCUT2D eigenvalue weighted by molar-refractivity contribution is 5.90. The number of nitrogens with zero attached hydrogens (tertiary/aromatic N) is 2. The number of hydrogen-bond acceptors (Lipinski definition) is 4. The van der Waals surface area contributed by atoms with E-state index < -0.39 is 0 Å². The Balaban J connectivity index is 1.61. The molecule has 5 nitrogen and oxygen atoms in total. The van der Waals surface area contributed by atoms with Gasteiger partial charge < -0.3 is 4.74 Å². The number of ether oxygens (including phenoxy) is 1. The molecule has 1 amide bonds. The van der Waals surface area contributed by atoms with Crippen molar-refractivity contribution in [2.45, 2.75) is 12.8 Å². The largest absolute Gasteiger partial charge is 0.484 e. The van der Waals surface area contributed by atoms with Crippen molar-refractivity contribution < 1.29 is 9.53 Å². The topological polar surface area (TPSA) is 74.5 Å². The summed E-state index contributed by atoms with van der Waals surface area (Å²) in [7, 11) is 0. The number of benzene rings is 3. The van der Waals surface area contributed by atoms with Crippen LogP contribution >= 0.6 is 0 Å². The molecule has 0 heterocycles. The third-order valence-electron chi connectivity index (χ3n) is 4.19. The molecule has 0 spiro atoms. The minimum atomic E-state index is -0.340. The van der Waals surface area contributed by atoms with Crippen LogP contribution in [0.1, 0.15) is 16.7 Å². The fraction of sp³-hybridized carbons (Fsp3) is 0.125. The first-order valence-electron chi connectivity index (χ1n) is 9.28. The third-order valence-corrected chi connectivity index (χ3v) is 4.19. The lowest BCUT2D eigenvalue weighted by molar-refractivity contribution is -0.123. The summed E-state index contributed by atoms with van der Waals surface area (Å²) in [6.45, 7) is -0.153. The van der Waals surface area contributed by atoms with Crippen LogP contribution in [0.3, 0.4) is 0 Å². The predicted molar refractivity (Wildman–Crippen MR) is 113 cm³/mol. The molecule has 0 bridgehead atoms. The molecule has 0 saturated carbocycles. The van der Waals surface area contributed by atoms with E-state index in [1.807, 2.05) is 66.7 Å². The van der Waals surface area contributed by atoms with E-state index in [0.717, 1.165) is 16.8 Å². The standard InChI is InChI=1S/C24H21N3O2/c25-17-21-11-13-23(14-12-21)29-18-24(28)27-26-22(15-19-7-3-1-4-8-19)16-20-9-5-2-6-10-20/h1-14H,15-16,18H2,(H,27,28). The van der Waals surface area contributed by atoms with Gasteiger partial charge in [0.2, 0.25) is 0 Å². The molecule has 3 rings (SSSR count). The van der Waals surface area contributed by atoms with Gasteiger partial charge in [0.1, 0.15) is 5.75 Å². The monoisotopic (exact) mass is 383 g/mol. The lowest BCUT2D eigenvalue weighted by atomic mass is 10.0. The molecular formula is C24H21N3O2. The Bertz CT molecular complexity index is 948. The molecular weight excluding hydrogens is 362 g/mol. The number of hydrazone groups is 1. The number of nitrogens with one attached hydrogen (secondary N) is 1. The summed E-state index contributed by atoms with van der Waals surface area (Å²) in [5.41, 5.74) is 6.24. The van der Waals surface area contributed by atoms with E-state index in [0.29, 0.717) is 24.2 Å². The summed E-state index contributed by atoms with van der Waals surface area (Å²) in [6, 6.07) is 28.7. The average molecular weight is 383 g/mol. The number of amides is 1. The smallest absolute Gasteiger partial charge is 0.277 e. The van der Waals surface area contributed by atoms with Gasteiger partial charge in [-0.05, 0) is 35.4 Å². The molecule has 0 unspecified atom stereocenters. The second-order valence-electron chi connectivity index (χ2n) is 6.46. The van der Waals surface area contributed by atoms with Gasteiger partial charge >= 0.3 is 0 Å². The fourth-order valence-electron chi connectivity index (χ4n) is 2.75. The Morgan fingerprint density at radius 3 is 1.93 bits per heavy atom. The molecule has 0 radical (unpaired) electrons. The summed E-state index contributed by atoms with van der Waals surface area (Å²) in [6.07, 6.45) is 1.29. The Hall–Kier alpha value is -3.91. The summed E-state index contributed by atoms with van der Waals surface area (Å²) in [5, 5.41) is 13.2. The van der Waals surface area contributed by atoms with Gasteiger partial charge in [-0.1, -0.05) is 60.7 Å². The molecule has 29 heavy (non-hydrogen) atoms. The minimum Gasteiger partial charge on any atom is -0.484 e. The van der Waals surface area contributed by atoms with Crippen LogP contribution < -0.4 is 10.2 Å². The minimum absolute atomic E-state index is 0.153. The lowest BCUT2D eigenvalue weighted by Gasteiger charge is -2.09. The summed E-state index contributed by atoms with van der Waals surface area (Å²) in [4.78, 5) is 12.2. The van der Waals surface area contributed by atoms with E-state index in [4.69, 9.17) is 10.00 Å². The molecule has 3 aromatic rings. The maximum absolute atomic E-state index is 12.2. The maximum Gasteiger partial charge on any atom is 0.277 e. The molecule has 0 aromatic heterocycles. The number of rotatable bonds is 8. The van der Waals surface area contributed by atoms with Gasteiger partial charge in [-0.15, -0.1) is 0 Å². The van der Waals surface area contributed by atoms with Gasteiger partial charge in [0, 0.05) is 18.6 Å². The van der Waals surface area contributed by atoms with Crippen LogP contribution in [-0.2, 0) is 17.6 Å². The van der Waals surface area contributed by atoms with Crippen LogP contribution in [0.25, 0.3) is 0 Å². The van der Waals surface area contributed by atoms with Crippen LogP contribution in [0, 0.1) is 11.3 Å². The second-order valence-corrected chi connectivity index (χ2v) is 6.46. The van der Waals surface area contributed by atoms with Crippen LogP contribution in [0.15, 0.2) is 90.0 Å². The molecule has 144 valence electrons. The first kappa shape index (κ1) is 19.8. The summed E-state index contributed by atoms with van der Waals surface area (Å²) >= 11 is 0. The zero-order valence-electron chi connectivity index (χ0n) is 15.9. The first-order valence-corrected chi connectivity index (χ1v) is 9.28. The molecule has 0 saturated heterocycles. The number of nitriles is 1. The highest BCUT2D eigenvalue weighted by Gasteiger charge is 2.07. The van der Waals surface area contributed by atoms with Crippen molar-refractivity contribution in [2.75, 3.05) is 6.61 Å². The van der Waals surface area contributed by atoms with Crippen molar-refractivity contribution in [1.82, 2.24) is 5.43 Å². The Kier molecular flexibility index (Phi) is 7.14. The second kappa shape index (κ2) is 10.4. The molecule has 1 N–H and O–H groups in total. The molecule has 5 heteroatoms. The summed E-state index contributed by atoms with van der Waals surface area (Å²) < 4.78 is 5.45. The number of carbonyl (C=O) groups excluding carboxylic acids is 1. The van der Waals surface area contributed by atoms with Gasteiger partial charge in [-0.2, -0.15) is 10.4 Å². The van der Waals surface area contributed by atoms with Gasteiger partial charge in [-0.25, -0.2) is 5.43 Å². The van der Waals surface area contributed by atoms with Crippen molar-refractivity contribution in [1.29, 1.82) is 5.26 Å². The van der Waals surface area contributed by atoms with E-state index in [1.165, 1.54) is 0 Å². The predicted octanol–water partition coefficient (Wildman–Crippen LogP) is 3.89. The number of hydrogen-bond donors (Lipinski definition) is 1. The van der Waals surface area contributed by atoms with Crippen molar-refractivity contribution in [3.05, 3.63) is 102 Å². The van der Waals surface area contributed by atoms with Crippen LogP contribution in [0.5, 0.6) is 5.75 Å². The van der Waals surface area contributed by atoms with Gasteiger partial charge in [-0.3, -0.25) is 4.79 Å². The first-order chi connectivity index (χ1) is 14.2. The Morgan fingerprint density at radius 1 is 0.862 bits per heavy atom. The van der Waals surface area contributed by atoms with Crippen molar-refractivity contribution in [3.63, 3.8) is 0 Å². The van der Waals surface area contributed by atoms with E-state index in [2.05, 4.69) is 10.5 Å². The highest BCUT2D eigenvalue weighted by Crippen LogP contribution is 2.11. The lowest BCUT2D eigenvalue weighted by Crippen LogP contribution is -2.26. The van der Waals surface area contributed by atoms with E-state index >= 15 is 0 Å². The Labute approximate surface area is 170 Å². The molecule has 0 atom stereocenters. The van der Waals surface area contributed by atoms with Crippen molar-refractivity contribution >= 4 is 11.6 Å². The SMILES string of the molecule is N#Cc1ccc(OCC(=O)NN=C(Cc2ccccc2)Cc2ccccc2)cc1. The van der Waals surface area contributed by atoms with Crippen molar-refractivity contribution in [2.24, 2.45) is 5.10 Å². The van der Waals surface area contributed by atoms with E-state index in [9.17, 15) is 4.79 Å². The quantitative estimate of drug-likeness (QED) is 0.474. The fourth-order valence-corrected chi connectivity index (χ4v) is 2.75. The molecule has 0 fully saturated rings. The number of carbonyl (C=O) groups is 1. The molecule has 0 aliphatic heterocycles. The third kappa shape index (κ3) is 6.64. The molecule has 0 aliphatic rings. The molecule has 0 aliphatic carbocycles. The van der Waals surface area contributed by atoms with Crippen LogP contribution in [0.4, 0.5) is 0 Å². The van der Waals surface area contributed by atoms with Gasteiger partial charge in [0.05, 0.1) is 11.6 Å². The highest BCUT2D eigenvalue weighted by atomic mass is 16.5. The normalized spacial score (nSPS) is 9.90. The molecule has 3 aromatic carbocycles.